The van der Waals surface area contributed by atoms with Gasteiger partial charge in [0.05, 0.1) is 13.1 Å². The van der Waals surface area contributed by atoms with E-state index in [-0.39, 0.29) is 5.56 Å². The predicted octanol–water partition coefficient (Wildman–Crippen LogP) is 4.38. The molecule has 5 rings (SSSR count). The summed E-state index contributed by atoms with van der Waals surface area (Å²) in [7, 11) is 0. The Morgan fingerprint density at radius 3 is 2.26 bits per heavy atom. The zero-order valence-electron chi connectivity index (χ0n) is 20.0. The average Bonchev–Trinajstić information content (AvgIpc) is 3.28. The van der Waals surface area contributed by atoms with Crippen LogP contribution in [0.4, 0.5) is 0 Å². The highest BCUT2D eigenvalue weighted by Gasteiger charge is 2.16. The molecule has 5 aromatic rings. The molecule has 35 heavy (non-hydrogen) atoms. The summed E-state index contributed by atoms with van der Waals surface area (Å²) in [5, 5.41) is 13.5. The molecule has 7 heteroatoms. The van der Waals surface area contributed by atoms with Crippen molar-refractivity contribution in [2.45, 2.75) is 40.0 Å². The van der Waals surface area contributed by atoms with Crippen molar-refractivity contribution in [1.29, 1.82) is 0 Å². The molecule has 0 aliphatic heterocycles. The van der Waals surface area contributed by atoms with Crippen LogP contribution in [-0.4, -0.2) is 30.1 Å². The van der Waals surface area contributed by atoms with Gasteiger partial charge in [0.1, 0.15) is 0 Å². The van der Waals surface area contributed by atoms with E-state index in [2.05, 4.69) is 69.6 Å². The third kappa shape index (κ3) is 5.36. The van der Waals surface area contributed by atoms with Crippen LogP contribution < -0.4 is 5.56 Å². The molecule has 0 bridgehead atoms. The molecule has 0 unspecified atom stereocenters. The number of pyridine rings is 1. The van der Waals surface area contributed by atoms with E-state index in [1.165, 1.54) is 11.1 Å². The van der Waals surface area contributed by atoms with Crippen LogP contribution in [0.3, 0.4) is 0 Å². The number of tetrazole rings is 1. The Bertz CT molecular complexity index is 1490. The first-order valence-electron chi connectivity index (χ1n) is 11.7. The van der Waals surface area contributed by atoms with E-state index in [1.807, 2.05) is 53.2 Å². The molecule has 0 fully saturated rings. The Kier molecular flexibility index (Phi) is 6.50. The van der Waals surface area contributed by atoms with Crippen molar-refractivity contribution in [3.8, 4) is 0 Å². The average molecular weight is 465 g/mol. The Morgan fingerprint density at radius 1 is 0.829 bits per heavy atom. The highest BCUT2D eigenvalue weighted by molar-refractivity contribution is 5.80. The second kappa shape index (κ2) is 10.0. The molecule has 0 radical (unpaired) electrons. The summed E-state index contributed by atoms with van der Waals surface area (Å²) in [5.41, 5.74) is 6.18. The Morgan fingerprint density at radius 2 is 1.51 bits per heavy atom. The molecule has 3 aromatic carbocycles. The summed E-state index contributed by atoms with van der Waals surface area (Å²) in [6, 6.07) is 26.6. The topological polar surface area (TPSA) is 79.7 Å². The largest absolute Gasteiger partial charge is 0.322 e. The van der Waals surface area contributed by atoms with Crippen molar-refractivity contribution >= 4 is 10.9 Å². The van der Waals surface area contributed by atoms with Gasteiger partial charge in [0.15, 0.2) is 5.82 Å². The van der Waals surface area contributed by atoms with Crippen LogP contribution in [0.2, 0.25) is 0 Å². The fourth-order valence-corrected chi connectivity index (χ4v) is 4.31. The monoisotopic (exact) mass is 464 g/mol. The summed E-state index contributed by atoms with van der Waals surface area (Å²) in [4.78, 5) is 18.3. The van der Waals surface area contributed by atoms with Crippen molar-refractivity contribution in [1.82, 2.24) is 30.1 Å². The van der Waals surface area contributed by atoms with Crippen LogP contribution >= 0.6 is 0 Å². The zero-order chi connectivity index (χ0) is 24.2. The lowest BCUT2D eigenvalue weighted by atomic mass is 10.0. The first kappa shape index (κ1) is 22.7. The number of hydrogen-bond donors (Lipinski definition) is 1. The van der Waals surface area contributed by atoms with Gasteiger partial charge in [-0.2, -0.15) is 0 Å². The van der Waals surface area contributed by atoms with Gasteiger partial charge >= 0.3 is 0 Å². The summed E-state index contributed by atoms with van der Waals surface area (Å²) < 4.78 is 1.82. The van der Waals surface area contributed by atoms with Crippen LogP contribution in [0.1, 0.15) is 33.6 Å². The number of aromatic amines is 1. The molecule has 0 aliphatic carbocycles. The van der Waals surface area contributed by atoms with Crippen molar-refractivity contribution in [3.63, 3.8) is 0 Å². The number of H-pyrrole nitrogens is 1. The highest BCUT2D eigenvalue weighted by atomic mass is 16.1. The van der Waals surface area contributed by atoms with E-state index in [4.69, 9.17) is 0 Å². The van der Waals surface area contributed by atoms with Gasteiger partial charge in [-0.25, -0.2) is 4.68 Å². The number of nitrogens with zero attached hydrogens (tertiary/aromatic N) is 5. The van der Waals surface area contributed by atoms with Crippen LogP contribution in [0.25, 0.3) is 10.9 Å². The number of nitrogens with one attached hydrogen (secondary N) is 1. The normalized spacial score (nSPS) is 11.4. The molecule has 0 amide bonds. The highest BCUT2D eigenvalue weighted by Crippen LogP contribution is 2.19. The smallest absolute Gasteiger partial charge is 0.252 e. The van der Waals surface area contributed by atoms with Gasteiger partial charge in [-0.15, -0.1) is 5.10 Å². The van der Waals surface area contributed by atoms with Crippen molar-refractivity contribution in [2.24, 2.45) is 0 Å². The SMILES string of the molecule is Cc1cc2cc(CN(Cc3ccccc3)Cc3nnnn3Cc3ccccc3)c(=O)[nH]c2cc1C. The molecular weight excluding hydrogens is 436 g/mol. The van der Waals surface area contributed by atoms with E-state index in [1.54, 1.807) is 0 Å². The third-order valence-corrected chi connectivity index (χ3v) is 6.32. The lowest BCUT2D eigenvalue weighted by Crippen LogP contribution is -2.28. The molecule has 0 saturated carbocycles. The second-order valence-corrected chi connectivity index (χ2v) is 9.02. The molecular formula is C28H28N6O. The quantitative estimate of drug-likeness (QED) is 0.369. The maximum absolute atomic E-state index is 13.0. The lowest BCUT2D eigenvalue weighted by Gasteiger charge is -2.22. The number of benzene rings is 3. The van der Waals surface area contributed by atoms with Gasteiger partial charge in [-0.3, -0.25) is 9.69 Å². The Labute approximate surface area is 204 Å². The van der Waals surface area contributed by atoms with Crippen LogP contribution in [0.15, 0.2) is 83.7 Å². The van der Waals surface area contributed by atoms with E-state index in [0.717, 1.165) is 33.4 Å². The van der Waals surface area contributed by atoms with Gasteiger partial charge in [-0.1, -0.05) is 60.7 Å². The van der Waals surface area contributed by atoms with Crippen molar-refractivity contribution < 1.29 is 0 Å². The summed E-state index contributed by atoms with van der Waals surface area (Å²) in [6.07, 6.45) is 0. The molecule has 0 atom stereocenters. The maximum atomic E-state index is 13.0. The van der Waals surface area contributed by atoms with Crippen LogP contribution in [0, 0.1) is 13.8 Å². The van der Waals surface area contributed by atoms with Crippen LogP contribution in [-0.2, 0) is 26.2 Å². The van der Waals surface area contributed by atoms with E-state index in [9.17, 15) is 4.79 Å². The lowest BCUT2D eigenvalue weighted by molar-refractivity contribution is 0.236. The molecule has 2 aromatic heterocycles. The number of hydrogen-bond acceptors (Lipinski definition) is 5. The van der Waals surface area contributed by atoms with Gasteiger partial charge in [-0.05, 0) is 70.1 Å². The Balaban J connectivity index is 1.45. The van der Waals surface area contributed by atoms with Gasteiger partial charge < -0.3 is 4.98 Å². The standard InChI is InChI=1S/C28H28N6O/c1-20-13-24-15-25(28(35)29-26(24)14-21(20)2)18-33(16-22-9-5-3-6-10-22)19-27-30-31-32-34(27)17-23-11-7-4-8-12-23/h3-15H,16-19H2,1-2H3,(H,29,35). The summed E-state index contributed by atoms with van der Waals surface area (Å²) >= 11 is 0. The van der Waals surface area contributed by atoms with E-state index in [0.29, 0.717) is 26.2 Å². The first-order chi connectivity index (χ1) is 17.0. The molecule has 7 nitrogen and oxygen atoms in total. The molecule has 1 N–H and O–H groups in total. The van der Waals surface area contributed by atoms with Gasteiger partial charge in [0.25, 0.3) is 5.56 Å². The molecule has 176 valence electrons. The van der Waals surface area contributed by atoms with Gasteiger partial charge in [0, 0.05) is 24.2 Å². The fraction of sp³-hybridized carbons (Fsp3) is 0.214. The molecule has 0 spiro atoms. The minimum atomic E-state index is -0.0670. The summed E-state index contributed by atoms with van der Waals surface area (Å²) in [6.45, 7) is 6.40. The van der Waals surface area contributed by atoms with Gasteiger partial charge in [0.2, 0.25) is 0 Å². The molecule has 0 aliphatic rings. The number of aromatic nitrogens is 5. The molecule has 0 saturated heterocycles. The Hall–Kier alpha value is -4.10. The number of rotatable bonds is 8. The zero-order valence-corrected chi connectivity index (χ0v) is 20.0. The van der Waals surface area contributed by atoms with Crippen molar-refractivity contribution in [2.75, 3.05) is 0 Å². The third-order valence-electron chi connectivity index (χ3n) is 6.32. The minimum Gasteiger partial charge on any atom is -0.322 e. The maximum Gasteiger partial charge on any atom is 0.252 e. The number of aryl methyl sites for hydroxylation is 2. The molecule has 2 heterocycles. The fourth-order valence-electron chi connectivity index (χ4n) is 4.31. The van der Waals surface area contributed by atoms with Crippen LogP contribution in [0.5, 0.6) is 0 Å². The summed E-state index contributed by atoms with van der Waals surface area (Å²) in [5.74, 6) is 0.758. The van der Waals surface area contributed by atoms with E-state index >= 15 is 0 Å². The first-order valence-corrected chi connectivity index (χ1v) is 11.7. The predicted molar refractivity (Wildman–Crippen MR) is 137 cm³/mol. The second-order valence-electron chi connectivity index (χ2n) is 9.02. The van der Waals surface area contributed by atoms with Crippen molar-refractivity contribution in [3.05, 3.63) is 123 Å². The number of fused-ring (bicyclic) bond motifs is 1. The minimum absolute atomic E-state index is 0.0670. The van der Waals surface area contributed by atoms with E-state index < -0.39 is 0 Å².